The van der Waals surface area contributed by atoms with Crippen LogP contribution in [-0.4, -0.2) is 6.61 Å². The summed E-state index contributed by atoms with van der Waals surface area (Å²) in [7, 11) is 0. The number of rotatable bonds is 3. The van der Waals surface area contributed by atoms with E-state index in [-0.39, 0.29) is 0 Å². The summed E-state index contributed by atoms with van der Waals surface area (Å²) in [6.45, 7) is 3.01. The molecule has 0 aliphatic heterocycles. The molecular weight excluding hydrogens is 209 g/mol. The second-order valence-electron chi connectivity index (χ2n) is 2.60. The van der Waals surface area contributed by atoms with E-state index in [0.717, 1.165) is 5.56 Å². The highest BCUT2D eigenvalue weighted by atomic mass is 35.5. The number of halogens is 2. The lowest BCUT2D eigenvalue weighted by Gasteiger charge is -2.07. The molecule has 0 fully saturated rings. The molecule has 0 aromatic heterocycles. The zero-order valence-electron chi connectivity index (χ0n) is 7.31. The van der Waals surface area contributed by atoms with Gasteiger partial charge in [-0.3, -0.25) is 0 Å². The second kappa shape index (κ2) is 4.70. The summed E-state index contributed by atoms with van der Waals surface area (Å²) in [4.78, 5) is 0. The summed E-state index contributed by atoms with van der Waals surface area (Å²) in [5, 5.41) is 1.05. The summed E-state index contributed by atoms with van der Waals surface area (Å²) in [6.07, 6.45) is 0. The van der Waals surface area contributed by atoms with Crippen LogP contribution in [0.2, 0.25) is 10.0 Å². The van der Waals surface area contributed by atoms with Gasteiger partial charge in [-0.15, -0.1) is 0 Å². The Balaban J connectivity index is 2.92. The Kier molecular flexibility index (Phi) is 3.85. The van der Waals surface area contributed by atoms with Gasteiger partial charge >= 0.3 is 0 Å². The first kappa shape index (κ1) is 10.6. The van der Waals surface area contributed by atoms with Crippen molar-refractivity contribution in [2.24, 2.45) is 0 Å². The molecule has 0 aliphatic carbocycles. The molecule has 13 heavy (non-hydrogen) atoms. The Morgan fingerprint density at radius 1 is 1.38 bits per heavy atom. The van der Waals surface area contributed by atoms with E-state index in [4.69, 9.17) is 33.7 Å². The lowest BCUT2D eigenvalue weighted by Crippen LogP contribution is -1.98. The molecule has 1 aromatic rings. The molecule has 0 atom stereocenters. The molecule has 0 saturated carbocycles. The van der Waals surface area contributed by atoms with Gasteiger partial charge in [-0.05, 0) is 19.1 Å². The molecule has 0 radical (unpaired) electrons. The minimum Gasteiger partial charge on any atom is -0.397 e. The Hall–Kier alpha value is -0.440. The zero-order chi connectivity index (χ0) is 9.84. The van der Waals surface area contributed by atoms with Crippen molar-refractivity contribution in [1.82, 2.24) is 0 Å². The smallest absolute Gasteiger partial charge is 0.0737 e. The van der Waals surface area contributed by atoms with Crippen molar-refractivity contribution in [3.05, 3.63) is 27.7 Å². The molecule has 1 rings (SSSR count). The summed E-state index contributed by atoms with van der Waals surface area (Å²) in [6, 6.07) is 3.38. The standard InChI is InChI=1S/C9H11Cl2NO/c1-2-13-5-6-3-7(10)4-8(11)9(6)12/h3-4H,2,5,12H2,1H3. The fourth-order valence-electron chi connectivity index (χ4n) is 0.969. The third kappa shape index (κ3) is 2.76. The van der Waals surface area contributed by atoms with Crippen LogP contribution in [0.25, 0.3) is 0 Å². The van der Waals surface area contributed by atoms with E-state index in [0.29, 0.717) is 28.9 Å². The number of hydrogen-bond donors (Lipinski definition) is 1. The minimum absolute atomic E-state index is 0.447. The maximum atomic E-state index is 5.83. The Labute approximate surface area is 87.6 Å². The van der Waals surface area contributed by atoms with E-state index in [9.17, 15) is 0 Å². The van der Waals surface area contributed by atoms with Crippen LogP contribution < -0.4 is 5.73 Å². The van der Waals surface area contributed by atoms with Gasteiger partial charge < -0.3 is 10.5 Å². The van der Waals surface area contributed by atoms with Crippen LogP contribution in [0.15, 0.2) is 12.1 Å². The largest absolute Gasteiger partial charge is 0.397 e. The van der Waals surface area contributed by atoms with E-state index in [2.05, 4.69) is 0 Å². The molecule has 72 valence electrons. The van der Waals surface area contributed by atoms with E-state index in [1.165, 1.54) is 0 Å². The lowest BCUT2D eigenvalue weighted by molar-refractivity contribution is 0.134. The third-order valence-corrected chi connectivity index (χ3v) is 2.17. The van der Waals surface area contributed by atoms with Crippen molar-refractivity contribution in [2.45, 2.75) is 13.5 Å². The van der Waals surface area contributed by atoms with Crippen molar-refractivity contribution in [2.75, 3.05) is 12.3 Å². The molecule has 0 unspecified atom stereocenters. The molecule has 0 spiro atoms. The molecule has 0 bridgehead atoms. The van der Waals surface area contributed by atoms with E-state index in [1.54, 1.807) is 12.1 Å². The zero-order valence-corrected chi connectivity index (χ0v) is 8.82. The van der Waals surface area contributed by atoms with Crippen molar-refractivity contribution < 1.29 is 4.74 Å². The summed E-state index contributed by atoms with van der Waals surface area (Å²) >= 11 is 11.6. The first-order chi connectivity index (χ1) is 6.15. The van der Waals surface area contributed by atoms with Crippen LogP contribution in [0.1, 0.15) is 12.5 Å². The van der Waals surface area contributed by atoms with Crippen LogP contribution in [0.5, 0.6) is 0 Å². The van der Waals surface area contributed by atoms with E-state index < -0.39 is 0 Å². The average Bonchev–Trinajstić information content (AvgIpc) is 2.09. The molecular formula is C9H11Cl2NO. The molecule has 0 heterocycles. The highest BCUT2D eigenvalue weighted by Crippen LogP contribution is 2.27. The number of benzene rings is 1. The van der Waals surface area contributed by atoms with Gasteiger partial charge in [0.2, 0.25) is 0 Å². The fraction of sp³-hybridized carbons (Fsp3) is 0.333. The SMILES string of the molecule is CCOCc1cc(Cl)cc(Cl)c1N. The third-order valence-electron chi connectivity index (χ3n) is 1.64. The number of hydrogen-bond acceptors (Lipinski definition) is 2. The Bertz CT molecular complexity index is 302. The number of nitrogen functional groups attached to an aromatic ring is 1. The van der Waals surface area contributed by atoms with Crippen LogP contribution in [0, 0.1) is 0 Å². The van der Waals surface area contributed by atoms with Crippen LogP contribution in [0.3, 0.4) is 0 Å². The molecule has 4 heteroatoms. The highest BCUT2D eigenvalue weighted by molar-refractivity contribution is 6.36. The van der Waals surface area contributed by atoms with Gasteiger partial charge in [-0.2, -0.15) is 0 Å². The average molecular weight is 220 g/mol. The summed E-state index contributed by atoms with van der Waals surface area (Å²) in [5.74, 6) is 0. The molecule has 0 saturated heterocycles. The van der Waals surface area contributed by atoms with Gasteiger partial charge in [0.1, 0.15) is 0 Å². The van der Waals surface area contributed by atoms with Crippen molar-refractivity contribution in [1.29, 1.82) is 0 Å². The van der Waals surface area contributed by atoms with Gasteiger partial charge in [0.05, 0.1) is 17.3 Å². The maximum Gasteiger partial charge on any atom is 0.0737 e. The summed E-state index contributed by atoms with van der Waals surface area (Å²) in [5.41, 5.74) is 7.10. The summed E-state index contributed by atoms with van der Waals surface area (Å²) < 4.78 is 5.21. The monoisotopic (exact) mass is 219 g/mol. The van der Waals surface area contributed by atoms with E-state index in [1.807, 2.05) is 6.92 Å². The molecule has 0 aliphatic rings. The number of ether oxygens (including phenoxy) is 1. The van der Waals surface area contributed by atoms with Gasteiger partial charge in [0.15, 0.2) is 0 Å². The van der Waals surface area contributed by atoms with Crippen LogP contribution >= 0.6 is 23.2 Å². The first-order valence-electron chi connectivity index (χ1n) is 3.96. The number of nitrogens with two attached hydrogens (primary N) is 1. The van der Waals surface area contributed by atoms with Crippen molar-refractivity contribution in [3.63, 3.8) is 0 Å². The van der Waals surface area contributed by atoms with Gasteiger partial charge in [0.25, 0.3) is 0 Å². The van der Waals surface area contributed by atoms with Crippen LogP contribution in [0.4, 0.5) is 5.69 Å². The normalized spacial score (nSPS) is 10.4. The van der Waals surface area contributed by atoms with Crippen LogP contribution in [-0.2, 0) is 11.3 Å². The van der Waals surface area contributed by atoms with Crippen molar-refractivity contribution >= 4 is 28.9 Å². The quantitative estimate of drug-likeness (QED) is 0.794. The molecule has 1 aromatic carbocycles. The second-order valence-corrected chi connectivity index (χ2v) is 3.44. The Morgan fingerprint density at radius 2 is 2.08 bits per heavy atom. The minimum atomic E-state index is 0.447. The highest BCUT2D eigenvalue weighted by Gasteiger charge is 2.05. The Morgan fingerprint density at radius 3 is 2.69 bits per heavy atom. The number of anilines is 1. The van der Waals surface area contributed by atoms with E-state index >= 15 is 0 Å². The first-order valence-corrected chi connectivity index (χ1v) is 4.72. The van der Waals surface area contributed by atoms with Gasteiger partial charge in [-0.25, -0.2) is 0 Å². The molecule has 2 N–H and O–H groups in total. The van der Waals surface area contributed by atoms with Crippen molar-refractivity contribution in [3.8, 4) is 0 Å². The van der Waals surface area contributed by atoms with Gasteiger partial charge in [0, 0.05) is 17.2 Å². The topological polar surface area (TPSA) is 35.2 Å². The lowest BCUT2D eigenvalue weighted by atomic mass is 10.2. The fourth-order valence-corrected chi connectivity index (χ4v) is 1.51. The predicted octanol–water partition coefficient (Wildman–Crippen LogP) is 3.11. The van der Waals surface area contributed by atoms with Gasteiger partial charge in [-0.1, -0.05) is 23.2 Å². The predicted molar refractivity (Wildman–Crippen MR) is 56.2 cm³/mol. The molecule has 2 nitrogen and oxygen atoms in total. The maximum absolute atomic E-state index is 5.83. The molecule has 0 amide bonds.